The van der Waals surface area contributed by atoms with Crippen LogP contribution in [0, 0.1) is 13.8 Å². The van der Waals surface area contributed by atoms with Gasteiger partial charge in [0.2, 0.25) is 0 Å². The highest BCUT2D eigenvalue weighted by molar-refractivity contribution is 7.93. The summed E-state index contributed by atoms with van der Waals surface area (Å²) < 4.78 is 30.3. The van der Waals surface area contributed by atoms with Gasteiger partial charge in [0.15, 0.2) is 21.2 Å². The number of aryl methyl sites for hydroxylation is 2. The molecule has 1 saturated carbocycles. The Kier molecular flexibility index (Phi) is 6.47. The van der Waals surface area contributed by atoms with E-state index in [-0.39, 0.29) is 23.6 Å². The first-order valence-corrected chi connectivity index (χ1v) is 11.4. The van der Waals surface area contributed by atoms with E-state index in [1.807, 2.05) is 13.8 Å². The lowest BCUT2D eigenvalue weighted by molar-refractivity contribution is -0.150. The monoisotopic (exact) mass is 450 g/mol. The van der Waals surface area contributed by atoms with Gasteiger partial charge in [0.05, 0.1) is 9.92 Å². The zero-order valence-electron chi connectivity index (χ0n) is 16.8. The Morgan fingerprint density at radius 3 is 2.43 bits per heavy atom. The highest BCUT2D eigenvalue weighted by atomic mass is 35.5. The van der Waals surface area contributed by atoms with Crippen molar-refractivity contribution < 1.29 is 22.7 Å². The number of aromatic nitrogens is 1. The molecule has 0 bridgehead atoms. The Balaban J connectivity index is 1.76. The molecule has 0 atom stereocenters. The molecule has 1 N–H and O–H groups in total. The van der Waals surface area contributed by atoms with E-state index in [0.717, 1.165) is 11.1 Å². The van der Waals surface area contributed by atoms with Gasteiger partial charge < -0.3 is 10.1 Å². The Bertz CT molecular complexity index is 1060. The molecular weight excluding hydrogens is 428 g/mol. The zero-order valence-corrected chi connectivity index (χ0v) is 18.3. The summed E-state index contributed by atoms with van der Waals surface area (Å²) in [4.78, 5) is 29.1. The summed E-state index contributed by atoms with van der Waals surface area (Å²) in [5.41, 5.74) is 1.79. The smallest absolute Gasteiger partial charge is 0.328 e. The number of anilines is 1. The summed E-state index contributed by atoms with van der Waals surface area (Å²) in [7, 11) is -3.98. The van der Waals surface area contributed by atoms with Crippen LogP contribution in [-0.2, 0) is 24.2 Å². The fourth-order valence-corrected chi connectivity index (χ4v) is 5.77. The molecule has 9 heteroatoms. The van der Waals surface area contributed by atoms with Crippen molar-refractivity contribution in [2.24, 2.45) is 0 Å². The number of rotatable bonds is 6. The van der Waals surface area contributed by atoms with Crippen LogP contribution in [0.5, 0.6) is 0 Å². The summed E-state index contributed by atoms with van der Waals surface area (Å²) in [5, 5.41) is 2.89. The molecule has 0 aliphatic heterocycles. The predicted octanol–water partition coefficient (Wildman–Crippen LogP) is 3.62. The molecule has 1 heterocycles. The van der Waals surface area contributed by atoms with Gasteiger partial charge >= 0.3 is 5.97 Å². The third-order valence-electron chi connectivity index (χ3n) is 5.42. The van der Waals surface area contributed by atoms with Gasteiger partial charge in [-0.1, -0.05) is 30.5 Å². The molecule has 2 aromatic rings. The first kappa shape index (κ1) is 22.2. The molecule has 7 nitrogen and oxygen atoms in total. The Hall–Kier alpha value is -2.45. The molecular formula is C21H23ClN2O5S. The second-order valence-electron chi connectivity index (χ2n) is 7.44. The first-order chi connectivity index (χ1) is 14.2. The Morgan fingerprint density at radius 1 is 1.13 bits per heavy atom. The van der Waals surface area contributed by atoms with Crippen molar-refractivity contribution in [2.45, 2.75) is 49.2 Å². The van der Waals surface area contributed by atoms with Crippen LogP contribution in [0.15, 0.2) is 41.4 Å². The number of nitrogens with one attached hydrogen (secondary N) is 1. The lowest BCUT2D eigenvalue weighted by Crippen LogP contribution is -2.46. The van der Waals surface area contributed by atoms with Crippen LogP contribution in [0.3, 0.4) is 0 Å². The molecule has 30 heavy (non-hydrogen) atoms. The minimum atomic E-state index is -3.98. The quantitative estimate of drug-likeness (QED) is 0.674. The molecule has 1 aliphatic rings. The lowest BCUT2D eigenvalue weighted by Gasteiger charge is -2.26. The second kappa shape index (κ2) is 8.73. The van der Waals surface area contributed by atoms with E-state index in [1.165, 1.54) is 18.3 Å². The van der Waals surface area contributed by atoms with E-state index in [0.29, 0.717) is 17.9 Å². The van der Waals surface area contributed by atoms with E-state index in [4.69, 9.17) is 16.3 Å². The number of esters is 1. The normalized spacial score (nSPS) is 15.6. The lowest BCUT2D eigenvalue weighted by atomic mass is 10.1. The zero-order chi connectivity index (χ0) is 21.9. The minimum absolute atomic E-state index is 0.0965. The molecule has 0 saturated heterocycles. The van der Waals surface area contributed by atoms with Crippen molar-refractivity contribution in [3.05, 3.63) is 52.7 Å². The average Bonchev–Trinajstić information content (AvgIpc) is 3.22. The SMILES string of the molecule is Cc1ccc(S(=O)(=O)C2(C(=O)OCC(=O)Nc3ccc(Cl)cn3)CCCC2)cc1C. The number of nitrogens with zero attached hydrogens (tertiary/aromatic N) is 1. The highest BCUT2D eigenvalue weighted by Gasteiger charge is 2.54. The summed E-state index contributed by atoms with van der Waals surface area (Å²) in [6, 6.07) is 7.88. The highest BCUT2D eigenvalue weighted by Crippen LogP contribution is 2.41. The maximum Gasteiger partial charge on any atom is 0.328 e. The van der Waals surface area contributed by atoms with Gasteiger partial charge in [0.1, 0.15) is 5.82 Å². The van der Waals surface area contributed by atoms with Crippen molar-refractivity contribution in [1.29, 1.82) is 0 Å². The predicted molar refractivity (Wildman–Crippen MR) is 113 cm³/mol. The van der Waals surface area contributed by atoms with Crippen LogP contribution >= 0.6 is 11.6 Å². The summed E-state index contributed by atoms with van der Waals surface area (Å²) in [5.74, 6) is -1.26. The average molecular weight is 451 g/mol. The maximum absolute atomic E-state index is 13.4. The third-order valence-corrected chi connectivity index (χ3v) is 8.12. The van der Waals surface area contributed by atoms with Crippen molar-refractivity contribution in [1.82, 2.24) is 4.98 Å². The summed E-state index contributed by atoms with van der Waals surface area (Å²) in [6.45, 7) is 3.11. The van der Waals surface area contributed by atoms with Gasteiger partial charge in [-0.2, -0.15) is 0 Å². The third kappa shape index (κ3) is 4.34. The minimum Gasteiger partial charge on any atom is -0.454 e. The number of carbonyl (C=O) groups excluding carboxylic acids is 2. The Labute approximate surface area is 180 Å². The molecule has 0 spiro atoms. The fourth-order valence-electron chi connectivity index (χ4n) is 3.53. The van der Waals surface area contributed by atoms with Gasteiger partial charge in [0.25, 0.3) is 5.91 Å². The molecule has 160 valence electrons. The van der Waals surface area contributed by atoms with Crippen LogP contribution in [0.25, 0.3) is 0 Å². The second-order valence-corrected chi connectivity index (χ2v) is 10.1. The van der Waals surface area contributed by atoms with Crippen LogP contribution in [0.1, 0.15) is 36.8 Å². The molecule has 1 aromatic carbocycles. The van der Waals surface area contributed by atoms with Gasteiger partial charge in [-0.25, -0.2) is 13.4 Å². The number of sulfone groups is 1. The number of hydrogen-bond donors (Lipinski definition) is 1. The van der Waals surface area contributed by atoms with E-state index in [2.05, 4.69) is 10.3 Å². The number of pyridine rings is 1. The van der Waals surface area contributed by atoms with Crippen molar-refractivity contribution in [2.75, 3.05) is 11.9 Å². The van der Waals surface area contributed by atoms with Crippen LogP contribution in [0.4, 0.5) is 5.82 Å². The van der Waals surface area contributed by atoms with Crippen LogP contribution in [-0.4, -0.2) is 36.6 Å². The van der Waals surface area contributed by atoms with Crippen molar-refractivity contribution >= 4 is 39.1 Å². The maximum atomic E-state index is 13.4. The van der Waals surface area contributed by atoms with Gasteiger partial charge in [-0.15, -0.1) is 0 Å². The molecule has 1 aliphatic carbocycles. The van der Waals surface area contributed by atoms with E-state index in [1.54, 1.807) is 18.2 Å². The molecule has 1 fully saturated rings. The Morgan fingerprint density at radius 2 is 1.83 bits per heavy atom. The van der Waals surface area contributed by atoms with Crippen molar-refractivity contribution in [3.8, 4) is 0 Å². The number of benzene rings is 1. The molecule has 0 unspecified atom stereocenters. The van der Waals surface area contributed by atoms with E-state index >= 15 is 0 Å². The topological polar surface area (TPSA) is 102 Å². The number of carbonyl (C=O) groups is 2. The number of amides is 1. The van der Waals surface area contributed by atoms with Gasteiger partial charge in [-0.05, 0) is 62.1 Å². The van der Waals surface area contributed by atoms with Gasteiger partial charge in [0, 0.05) is 6.20 Å². The van der Waals surface area contributed by atoms with Gasteiger partial charge in [-0.3, -0.25) is 9.59 Å². The summed E-state index contributed by atoms with van der Waals surface area (Å²) >= 11 is 5.75. The molecule has 1 amide bonds. The van der Waals surface area contributed by atoms with E-state index < -0.39 is 33.1 Å². The standard InChI is InChI=1S/C21H23ClN2O5S/c1-14-5-7-17(11-15(14)2)30(27,28)21(9-3-4-10-21)20(26)29-13-19(25)24-18-8-6-16(22)12-23-18/h5-8,11-12H,3-4,9-10,13H2,1-2H3,(H,23,24,25). The molecule has 1 aromatic heterocycles. The molecule has 3 rings (SSSR count). The van der Waals surface area contributed by atoms with E-state index in [9.17, 15) is 18.0 Å². The largest absolute Gasteiger partial charge is 0.454 e. The fraction of sp³-hybridized carbons (Fsp3) is 0.381. The van der Waals surface area contributed by atoms with Crippen molar-refractivity contribution in [3.63, 3.8) is 0 Å². The number of halogens is 1. The van der Waals surface area contributed by atoms with Crippen LogP contribution in [0.2, 0.25) is 5.02 Å². The number of ether oxygens (including phenoxy) is 1. The summed E-state index contributed by atoms with van der Waals surface area (Å²) in [6.07, 6.45) is 2.90. The first-order valence-electron chi connectivity index (χ1n) is 9.56. The number of hydrogen-bond acceptors (Lipinski definition) is 6. The molecule has 0 radical (unpaired) electrons. The van der Waals surface area contributed by atoms with Crippen LogP contribution < -0.4 is 5.32 Å².